The maximum atomic E-state index is 6.19. The lowest BCUT2D eigenvalue weighted by Crippen LogP contribution is -2.43. The average molecular weight is 287 g/mol. The van der Waals surface area contributed by atoms with Gasteiger partial charge in [-0.15, -0.1) is 0 Å². The molecule has 0 bridgehead atoms. The van der Waals surface area contributed by atoms with Gasteiger partial charge in [0.25, 0.3) is 0 Å². The van der Waals surface area contributed by atoms with Gasteiger partial charge in [0.05, 0.1) is 0 Å². The Morgan fingerprint density at radius 3 is 2.81 bits per heavy atom. The molecule has 1 aliphatic heterocycles. The van der Waals surface area contributed by atoms with Crippen molar-refractivity contribution in [3.8, 4) is 5.75 Å². The molecule has 1 N–H and O–H groups in total. The van der Waals surface area contributed by atoms with Crippen molar-refractivity contribution in [1.29, 1.82) is 0 Å². The van der Waals surface area contributed by atoms with E-state index in [0.717, 1.165) is 24.6 Å². The van der Waals surface area contributed by atoms with Gasteiger partial charge in [-0.3, -0.25) is 0 Å². The zero-order valence-corrected chi connectivity index (χ0v) is 13.7. The molecule has 1 fully saturated rings. The molecule has 0 spiro atoms. The minimum absolute atomic E-state index is 0.392. The van der Waals surface area contributed by atoms with Crippen LogP contribution in [0.25, 0.3) is 0 Å². The minimum Gasteiger partial charge on any atom is -0.490 e. The molecule has 0 saturated heterocycles. The van der Waals surface area contributed by atoms with Crippen molar-refractivity contribution in [2.75, 3.05) is 13.1 Å². The molecule has 1 aromatic carbocycles. The Labute approximate surface area is 129 Å². The lowest BCUT2D eigenvalue weighted by Gasteiger charge is -2.43. The SMILES string of the molecule is Cc1ccc2c(c1)CC(CC1(CNCC(C)C)CCC1)O2. The fourth-order valence-corrected chi connectivity index (χ4v) is 3.80. The third kappa shape index (κ3) is 3.42. The molecule has 2 aliphatic rings. The van der Waals surface area contributed by atoms with Crippen molar-refractivity contribution in [2.24, 2.45) is 11.3 Å². The number of nitrogens with one attached hydrogen (secondary N) is 1. The first-order valence-corrected chi connectivity index (χ1v) is 8.53. The second-order valence-corrected chi connectivity index (χ2v) is 7.64. The number of ether oxygens (including phenoxy) is 1. The Kier molecular flexibility index (Phi) is 4.26. The molecule has 1 heterocycles. The summed E-state index contributed by atoms with van der Waals surface area (Å²) >= 11 is 0. The first kappa shape index (κ1) is 14.9. The molecule has 0 aromatic heterocycles. The van der Waals surface area contributed by atoms with Gasteiger partial charge in [0.15, 0.2) is 0 Å². The third-order valence-corrected chi connectivity index (χ3v) is 5.08. The van der Waals surface area contributed by atoms with E-state index >= 15 is 0 Å². The molecule has 2 nitrogen and oxygen atoms in total. The van der Waals surface area contributed by atoms with Crippen LogP contribution in [-0.2, 0) is 6.42 Å². The molecule has 0 amide bonds. The summed E-state index contributed by atoms with van der Waals surface area (Å²) in [5.74, 6) is 1.85. The minimum atomic E-state index is 0.392. The lowest BCUT2D eigenvalue weighted by atomic mass is 9.65. The predicted molar refractivity (Wildman–Crippen MR) is 87.9 cm³/mol. The van der Waals surface area contributed by atoms with E-state index in [9.17, 15) is 0 Å². The molecule has 3 rings (SSSR count). The van der Waals surface area contributed by atoms with Gasteiger partial charge in [-0.25, -0.2) is 0 Å². The Hall–Kier alpha value is -1.02. The molecule has 21 heavy (non-hydrogen) atoms. The maximum Gasteiger partial charge on any atom is 0.123 e. The number of rotatable bonds is 6. The van der Waals surface area contributed by atoms with E-state index in [1.165, 1.54) is 43.4 Å². The van der Waals surface area contributed by atoms with Crippen LogP contribution in [-0.4, -0.2) is 19.2 Å². The second kappa shape index (κ2) is 6.00. The summed E-state index contributed by atoms with van der Waals surface area (Å²) in [6.07, 6.45) is 6.83. The normalized spacial score (nSPS) is 22.8. The van der Waals surface area contributed by atoms with Gasteiger partial charge in [0.2, 0.25) is 0 Å². The Bertz CT molecular complexity index is 490. The van der Waals surface area contributed by atoms with Gasteiger partial charge >= 0.3 is 0 Å². The summed E-state index contributed by atoms with van der Waals surface area (Å²) in [5, 5.41) is 3.68. The monoisotopic (exact) mass is 287 g/mol. The van der Waals surface area contributed by atoms with E-state index in [1.807, 2.05) is 0 Å². The fourth-order valence-electron chi connectivity index (χ4n) is 3.80. The van der Waals surface area contributed by atoms with E-state index in [1.54, 1.807) is 0 Å². The molecular weight excluding hydrogens is 258 g/mol. The highest BCUT2D eigenvalue weighted by Gasteiger charge is 2.40. The van der Waals surface area contributed by atoms with Gasteiger partial charge < -0.3 is 10.1 Å². The van der Waals surface area contributed by atoms with Gasteiger partial charge in [0, 0.05) is 13.0 Å². The van der Waals surface area contributed by atoms with Crippen molar-refractivity contribution < 1.29 is 4.74 Å². The highest BCUT2D eigenvalue weighted by molar-refractivity contribution is 5.40. The van der Waals surface area contributed by atoms with E-state index < -0.39 is 0 Å². The summed E-state index contributed by atoms with van der Waals surface area (Å²) in [5.41, 5.74) is 3.25. The van der Waals surface area contributed by atoms with Gasteiger partial charge in [-0.1, -0.05) is 38.0 Å². The average Bonchev–Trinajstić information content (AvgIpc) is 2.76. The van der Waals surface area contributed by atoms with Crippen LogP contribution >= 0.6 is 0 Å². The topological polar surface area (TPSA) is 21.3 Å². The number of fused-ring (bicyclic) bond motifs is 1. The van der Waals surface area contributed by atoms with Crippen molar-refractivity contribution >= 4 is 0 Å². The van der Waals surface area contributed by atoms with Crippen LogP contribution < -0.4 is 10.1 Å². The van der Waals surface area contributed by atoms with Crippen LogP contribution in [0, 0.1) is 18.3 Å². The molecule has 1 aliphatic carbocycles. The molecule has 1 unspecified atom stereocenters. The Balaban J connectivity index is 1.56. The zero-order valence-electron chi connectivity index (χ0n) is 13.7. The molecule has 116 valence electrons. The fraction of sp³-hybridized carbons (Fsp3) is 0.684. The molecule has 1 aromatic rings. The van der Waals surface area contributed by atoms with Crippen LogP contribution in [0.4, 0.5) is 0 Å². The van der Waals surface area contributed by atoms with Crippen molar-refractivity contribution in [3.05, 3.63) is 29.3 Å². The summed E-state index contributed by atoms with van der Waals surface area (Å²) in [7, 11) is 0. The van der Waals surface area contributed by atoms with Crippen LogP contribution in [0.3, 0.4) is 0 Å². The predicted octanol–water partition coefficient (Wildman–Crippen LogP) is 4.10. The van der Waals surface area contributed by atoms with E-state index in [-0.39, 0.29) is 0 Å². The standard InChI is InChI=1S/C19H29NO/c1-14(2)12-20-13-19(7-4-8-19)11-17-10-16-9-15(3)5-6-18(16)21-17/h5-6,9,14,17,20H,4,7-8,10-13H2,1-3H3. The zero-order chi connectivity index (χ0) is 14.9. The van der Waals surface area contributed by atoms with Gasteiger partial charge in [-0.05, 0) is 55.7 Å². The number of benzene rings is 1. The summed E-state index contributed by atoms with van der Waals surface area (Å²) in [6.45, 7) is 9.02. The first-order valence-electron chi connectivity index (χ1n) is 8.53. The summed E-state index contributed by atoms with van der Waals surface area (Å²) in [6, 6.07) is 6.60. The van der Waals surface area contributed by atoms with E-state index in [4.69, 9.17) is 4.74 Å². The maximum absolute atomic E-state index is 6.19. The van der Waals surface area contributed by atoms with Crippen LogP contribution in [0.15, 0.2) is 18.2 Å². The van der Waals surface area contributed by atoms with Crippen molar-refractivity contribution in [3.63, 3.8) is 0 Å². The third-order valence-electron chi connectivity index (χ3n) is 5.08. The number of hydrogen-bond donors (Lipinski definition) is 1. The highest BCUT2D eigenvalue weighted by atomic mass is 16.5. The Morgan fingerprint density at radius 1 is 1.33 bits per heavy atom. The molecular formula is C19H29NO. The smallest absolute Gasteiger partial charge is 0.123 e. The summed E-state index contributed by atoms with van der Waals surface area (Å²) in [4.78, 5) is 0. The summed E-state index contributed by atoms with van der Waals surface area (Å²) < 4.78 is 6.19. The molecule has 1 saturated carbocycles. The van der Waals surface area contributed by atoms with E-state index in [0.29, 0.717) is 11.5 Å². The van der Waals surface area contributed by atoms with Crippen LogP contribution in [0.5, 0.6) is 5.75 Å². The van der Waals surface area contributed by atoms with Crippen LogP contribution in [0.2, 0.25) is 0 Å². The van der Waals surface area contributed by atoms with E-state index in [2.05, 4.69) is 44.3 Å². The quantitative estimate of drug-likeness (QED) is 0.850. The second-order valence-electron chi connectivity index (χ2n) is 7.64. The van der Waals surface area contributed by atoms with Crippen LogP contribution in [0.1, 0.15) is 50.7 Å². The number of aryl methyl sites for hydroxylation is 1. The molecule has 1 atom stereocenters. The molecule has 0 radical (unpaired) electrons. The highest BCUT2D eigenvalue weighted by Crippen LogP contribution is 2.46. The number of hydrogen-bond acceptors (Lipinski definition) is 2. The molecule has 2 heteroatoms. The first-order chi connectivity index (χ1) is 10.1. The van der Waals surface area contributed by atoms with Gasteiger partial charge in [-0.2, -0.15) is 0 Å². The largest absolute Gasteiger partial charge is 0.490 e. The Morgan fingerprint density at radius 2 is 2.14 bits per heavy atom. The van der Waals surface area contributed by atoms with Crippen molar-refractivity contribution in [1.82, 2.24) is 5.32 Å². The van der Waals surface area contributed by atoms with Gasteiger partial charge in [0.1, 0.15) is 11.9 Å². The lowest BCUT2D eigenvalue weighted by molar-refractivity contribution is 0.0603. The van der Waals surface area contributed by atoms with Crippen molar-refractivity contribution in [2.45, 2.75) is 59.0 Å².